The molecule has 0 radical (unpaired) electrons. The Morgan fingerprint density at radius 2 is 1.76 bits per heavy atom. The van der Waals surface area contributed by atoms with E-state index < -0.39 is 9.84 Å². The van der Waals surface area contributed by atoms with Crippen LogP contribution in [0.4, 0.5) is 0 Å². The van der Waals surface area contributed by atoms with Gasteiger partial charge in [0.25, 0.3) is 0 Å². The molecule has 4 rings (SSSR count). The fourth-order valence-electron chi connectivity index (χ4n) is 4.09. The quantitative estimate of drug-likeness (QED) is 0.482. The second-order valence-electron chi connectivity index (χ2n) is 8.38. The fourth-order valence-corrected chi connectivity index (χ4v) is 5.59. The molecule has 1 amide bonds. The maximum Gasteiger partial charge on any atom is 0.228 e. The largest absolute Gasteiger partial charge is 0.376 e. The van der Waals surface area contributed by atoms with Crippen LogP contribution in [-0.4, -0.2) is 48.0 Å². The Morgan fingerprint density at radius 1 is 1.09 bits per heavy atom. The van der Waals surface area contributed by atoms with E-state index in [-0.39, 0.29) is 29.5 Å². The van der Waals surface area contributed by atoms with Gasteiger partial charge in [0.05, 0.1) is 36.8 Å². The standard InChI is InChI=1S/C25H29N3O4S/c1-20(29)27(18-24-13-8-14-32-24)17-23-15-26-25(28(23)16-21-9-4-2-5-10-21)33(30,31)19-22-11-6-3-7-12-22/h2-7,9-12,15,24H,8,13-14,16-19H2,1H3/t24-/m1/s1. The molecule has 7 nitrogen and oxygen atoms in total. The minimum atomic E-state index is -3.70. The summed E-state index contributed by atoms with van der Waals surface area (Å²) in [5.74, 6) is -0.211. The molecule has 1 aliphatic rings. The average molecular weight is 468 g/mol. The molecule has 1 atom stereocenters. The van der Waals surface area contributed by atoms with Gasteiger partial charge in [0.2, 0.25) is 20.9 Å². The molecule has 2 aromatic carbocycles. The number of sulfone groups is 1. The van der Waals surface area contributed by atoms with Crippen LogP contribution in [0.25, 0.3) is 0 Å². The average Bonchev–Trinajstić information content (AvgIpc) is 3.45. The summed E-state index contributed by atoms with van der Waals surface area (Å²) in [5, 5.41) is 0.0193. The second kappa shape index (κ2) is 10.3. The van der Waals surface area contributed by atoms with Gasteiger partial charge >= 0.3 is 0 Å². The predicted molar refractivity (Wildman–Crippen MR) is 125 cm³/mol. The first-order valence-corrected chi connectivity index (χ1v) is 12.8. The number of imidazole rings is 1. The van der Waals surface area contributed by atoms with Crippen LogP contribution in [0.2, 0.25) is 0 Å². The van der Waals surface area contributed by atoms with E-state index in [4.69, 9.17) is 4.74 Å². The van der Waals surface area contributed by atoms with Gasteiger partial charge < -0.3 is 14.2 Å². The summed E-state index contributed by atoms with van der Waals surface area (Å²) in [6, 6.07) is 18.8. The van der Waals surface area contributed by atoms with Gasteiger partial charge in [-0.3, -0.25) is 4.79 Å². The highest BCUT2D eigenvalue weighted by molar-refractivity contribution is 7.90. The summed E-state index contributed by atoms with van der Waals surface area (Å²) in [5.41, 5.74) is 2.34. The number of nitrogens with zero attached hydrogens (tertiary/aromatic N) is 3. The molecule has 0 aliphatic carbocycles. The van der Waals surface area contributed by atoms with Crippen molar-refractivity contribution < 1.29 is 17.9 Å². The molecule has 1 fully saturated rings. The third kappa shape index (κ3) is 5.89. The van der Waals surface area contributed by atoms with Crippen LogP contribution in [0, 0.1) is 0 Å². The number of carbonyl (C=O) groups is 1. The molecule has 0 N–H and O–H groups in total. The molecule has 0 bridgehead atoms. The van der Waals surface area contributed by atoms with Crippen molar-refractivity contribution >= 4 is 15.7 Å². The smallest absolute Gasteiger partial charge is 0.228 e. The molecule has 1 aromatic heterocycles. The first-order valence-electron chi connectivity index (χ1n) is 11.1. The summed E-state index contributed by atoms with van der Waals surface area (Å²) in [7, 11) is -3.70. The molecule has 0 saturated carbocycles. The Balaban J connectivity index is 1.66. The Kier molecular flexibility index (Phi) is 7.25. The minimum absolute atomic E-state index is 0.0145. The van der Waals surface area contributed by atoms with Gasteiger partial charge in [0.1, 0.15) is 0 Å². The topological polar surface area (TPSA) is 81.5 Å². The fraction of sp³-hybridized carbons (Fsp3) is 0.360. The zero-order valence-electron chi connectivity index (χ0n) is 18.8. The molecule has 33 heavy (non-hydrogen) atoms. The van der Waals surface area contributed by atoms with Crippen molar-refractivity contribution in [3.8, 4) is 0 Å². The van der Waals surface area contributed by atoms with Crippen LogP contribution in [0.15, 0.2) is 72.0 Å². The first-order chi connectivity index (χ1) is 15.9. The first kappa shape index (κ1) is 23.2. The van der Waals surface area contributed by atoms with Crippen molar-refractivity contribution in [1.82, 2.24) is 14.5 Å². The van der Waals surface area contributed by atoms with Gasteiger partial charge in [0, 0.05) is 20.1 Å². The third-order valence-electron chi connectivity index (χ3n) is 5.81. The molecule has 0 spiro atoms. The highest BCUT2D eigenvalue weighted by atomic mass is 32.2. The summed E-state index contributed by atoms with van der Waals surface area (Å²) in [6.45, 7) is 3.35. The molecule has 1 saturated heterocycles. The molecular formula is C25H29N3O4S. The number of carbonyl (C=O) groups excluding carboxylic acids is 1. The predicted octanol–water partition coefficient (Wildman–Crippen LogP) is 3.43. The maximum atomic E-state index is 13.3. The highest BCUT2D eigenvalue weighted by Crippen LogP contribution is 2.21. The monoisotopic (exact) mass is 467 g/mol. The van der Waals surface area contributed by atoms with Gasteiger partial charge in [-0.05, 0) is 24.0 Å². The lowest BCUT2D eigenvalue weighted by Crippen LogP contribution is -2.36. The molecule has 0 unspecified atom stereocenters. The number of hydrogen-bond donors (Lipinski definition) is 0. The number of hydrogen-bond acceptors (Lipinski definition) is 5. The van der Waals surface area contributed by atoms with Crippen molar-refractivity contribution in [2.75, 3.05) is 13.2 Å². The van der Waals surface area contributed by atoms with E-state index in [1.165, 1.54) is 6.92 Å². The zero-order chi connectivity index (χ0) is 23.3. The molecular weight excluding hydrogens is 438 g/mol. The van der Waals surface area contributed by atoms with Crippen molar-refractivity contribution in [2.24, 2.45) is 0 Å². The molecule has 8 heteroatoms. The second-order valence-corrected chi connectivity index (χ2v) is 10.3. The van der Waals surface area contributed by atoms with E-state index in [1.807, 2.05) is 48.5 Å². The summed E-state index contributed by atoms with van der Waals surface area (Å²) < 4.78 is 34.1. The van der Waals surface area contributed by atoms with E-state index in [2.05, 4.69) is 4.98 Å². The number of benzene rings is 2. The Morgan fingerprint density at radius 3 is 2.36 bits per heavy atom. The van der Waals surface area contributed by atoms with Gasteiger partial charge in [-0.15, -0.1) is 0 Å². The molecule has 2 heterocycles. The van der Waals surface area contributed by atoms with Crippen LogP contribution in [0.5, 0.6) is 0 Å². The number of amides is 1. The van der Waals surface area contributed by atoms with E-state index in [1.54, 1.807) is 27.8 Å². The Bertz CT molecular complexity index is 1170. The normalized spacial score (nSPS) is 16.1. The number of aromatic nitrogens is 2. The van der Waals surface area contributed by atoms with Crippen LogP contribution >= 0.6 is 0 Å². The lowest BCUT2D eigenvalue weighted by atomic mass is 10.2. The Hall–Kier alpha value is -2.97. The summed E-state index contributed by atoms with van der Waals surface area (Å²) >= 11 is 0. The zero-order valence-corrected chi connectivity index (χ0v) is 19.6. The number of rotatable bonds is 9. The maximum absolute atomic E-state index is 13.3. The summed E-state index contributed by atoms with van der Waals surface area (Å²) in [6.07, 6.45) is 3.50. The Labute approximate surface area is 194 Å². The van der Waals surface area contributed by atoms with Gasteiger partial charge in [-0.2, -0.15) is 0 Å². The van der Waals surface area contributed by atoms with Crippen LogP contribution in [0.3, 0.4) is 0 Å². The SMILES string of the molecule is CC(=O)N(Cc1cnc(S(=O)(=O)Cc2ccccc2)n1Cc1ccccc1)C[C@H]1CCCO1. The molecule has 3 aromatic rings. The minimum Gasteiger partial charge on any atom is -0.376 e. The number of ether oxygens (including phenoxy) is 1. The van der Waals surface area contributed by atoms with Crippen molar-refractivity contribution in [3.05, 3.63) is 83.7 Å². The van der Waals surface area contributed by atoms with Crippen molar-refractivity contribution in [3.63, 3.8) is 0 Å². The summed E-state index contributed by atoms with van der Waals surface area (Å²) in [4.78, 5) is 18.4. The van der Waals surface area contributed by atoms with E-state index in [0.717, 1.165) is 18.4 Å². The lowest BCUT2D eigenvalue weighted by molar-refractivity contribution is -0.131. The van der Waals surface area contributed by atoms with Gasteiger partial charge in [0.15, 0.2) is 0 Å². The van der Waals surface area contributed by atoms with Gasteiger partial charge in [-0.25, -0.2) is 13.4 Å². The third-order valence-corrected chi connectivity index (χ3v) is 7.40. The van der Waals surface area contributed by atoms with E-state index in [0.29, 0.717) is 31.0 Å². The van der Waals surface area contributed by atoms with Gasteiger partial charge in [-0.1, -0.05) is 60.7 Å². The van der Waals surface area contributed by atoms with Crippen molar-refractivity contribution in [1.29, 1.82) is 0 Å². The van der Waals surface area contributed by atoms with Crippen LogP contribution < -0.4 is 0 Å². The molecule has 1 aliphatic heterocycles. The van der Waals surface area contributed by atoms with Crippen molar-refractivity contribution in [2.45, 2.75) is 49.9 Å². The van der Waals surface area contributed by atoms with E-state index >= 15 is 0 Å². The van der Waals surface area contributed by atoms with E-state index in [9.17, 15) is 13.2 Å². The lowest BCUT2D eigenvalue weighted by Gasteiger charge is -2.25. The highest BCUT2D eigenvalue weighted by Gasteiger charge is 2.27. The molecule has 174 valence electrons. The van der Waals surface area contributed by atoms with Crippen LogP contribution in [0.1, 0.15) is 36.6 Å². The van der Waals surface area contributed by atoms with Crippen LogP contribution in [-0.2, 0) is 38.2 Å².